The van der Waals surface area contributed by atoms with Crippen molar-refractivity contribution in [1.82, 2.24) is 0 Å². The Morgan fingerprint density at radius 1 is 0.739 bits per heavy atom. The fraction of sp³-hybridized carbons (Fsp3) is 0.947. The lowest BCUT2D eigenvalue weighted by Crippen LogP contribution is -2.17. The van der Waals surface area contributed by atoms with Crippen LogP contribution < -0.4 is 0 Å². The molecule has 0 spiro atoms. The monoisotopic (exact) mass is 366 g/mol. The van der Waals surface area contributed by atoms with Gasteiger partial charge < -0.3 is 5.11 Å². The molecule has 0 bridgehead atoms. The SMILES string of the molecule is CCCCCCCCCCCCCCCCC(Cl)(Cl)CC(=O)O. The molecule has 0 aromatic carbocycles. The van der Waals surface area contributed by atoms with Crippen molar-refractivity contribution in [3.05, 3.63) is 0 Å². The van der Waals surface area contributed by atoms with Crippen LogP contribution in [0.15, 0.2) is 0 Å². The molecule has 0 aromatic rings. The molecule has 0 aliphatic rings. The molecule has 0 aliphatic carbocycles. The first-order valence-corrected chi connectivity index (χ1v) is 10.3. The van der Waals surface area contributed by atoms with E-state index < -0.39 is 10.3 Å². The normalized spacial score (nSPS) is 11.8. The molecule has 0 unspecified atom stereocenters. The van der Waals surface area contributed by atoms with Crippen LogP contribution in [0, 0.1) is 0 Å². The minimum atomic E-state index is -1.09. The molecule has 2 nitrogen and oxygen atoms in total. The maximum Gasteiger partial charge on any atom is 0.306 e. The molecule has 0 aliphatic heterocycles. The Hall–Kier alpha value is 0.0500. The van der Waals surface area contributed by atoms with E-state index in [0.717, 1.165) is 12.8 Å². The second kappa shape index (κ2) is 15.6. The summed E-state index contributed by atoms with van der Waals surface area (Å²) in [6.07, 6.45) is 18.7. The van der Waals surface area contributed by atoms with Crippen molar-refractivity contribution in [2.75, 3.05) is 0 Å². The predicted octanol–water partition coefficient (Wildman–Crippen LogP) is 7.51. The van der Waals surface area contributed by atoms with Crippen LogP contribution in [-0.4, -0.2) is 15.4 Å². The number of hydrogen-bond donors (Lipinski definition) is 1. The van der Waals surface area contributed by atoms with Crippen molar-refractivity contribution < 1.29 is 9.90 Å². The van der Waals surface area contributed by atoms with Gasteiger partial charge in [-0.05, 0) is 6.42 Å². The zero-order valence-electron chi connectivity index (χ0n) is 14.9. The fourth-order valence-electron chi connectivity index (χ4n) is 2.89. The van der Waals surface area contributed by atoms with Gasteiger partial charge in [-0.2, -0.15) is 0 Å². The van der Waals surface area contributed by atoms with Gasteiger partial charge in [0.15, 0.2) is 0 Å². The molecule has 0 fully saturated rings. The maximum absolute atomic E-state index is 10.6. The van der Waals surface area contributed by atoms with Crippen LogP contribution in [0.2, 0.25) is 0 Å². The number of halogens is 2. The summed E-state index contributed by atoms with van der Waals surface area (Å²) >= 11 is 11.9. The third-order valence-electron chi connectivity index (χ3n) is 4.31. The number of carbonyl (C=O) groups is 1. The van der Waals surface area contributed by atoms with Gasteiger partial charge in [0, 0.05) is 0 Å². The standard InChI is InChI=1S/C19H36Cl2O2/c1-2-3-4-5-6-7-8-9-10-11-12-13-14-15-16-19(20,21)17-18(22)23/h2-17H2,1H3,(H,22,23). The van der Waals surface area contributed by atoms with Gasteiger partial charge in [-0.15, -0.1) is 23.2 Å². The van der Waals surface area contributed by atoms with Gasteiger partial charge in [-0.25, -0.2) is 0 Å². The van der Waals surface area contributed by atoms with Crippen LogP contribution in [0.3, 0.4) is 0 Å². The first kappa shape index (κ1) is 23.1. The van der Waals surface area contributed by atoms with Crippen LogP contribution in [0.4, 0.5) is 0 Å². The third-order valence-corrected chi connectivity index (χ3v) is 4.95. The van der Waals surface area contributed by atoms with E-state index in [4.69, 9.17) is 28.3 Å². The Balaban J connectivity index is 3.20. The average molecular weight is 367 g/mol. The number of rotatable bonds is 17. The zero-order chi connectivity index (χ0) is 17.4. The molecule has 0 aromatic heterocycles. The topological polar surface area (TPSA) is 37.3 Å². The van der Waals surface area contributed by atoms with E-state index in [9.17, 15) is 4.79 Å². The van der Waals surface area contributed by atoms with Gasteiger partial charge in [-0.1, -0.05) is 96.8 Å². The van der Waals surface area contributed by atoms with E-state index in [2.05, 4.69) is 6.92 Å². The van der Waals surface area contributed by atoms with Crippen LogP contribution in [0.5, 0.6) is 0 Å². The summed E-state index contributed by atoms with van der Waals surface area (Å²) in [5.41, 5.74) is 0. The minimum Gasteiger partial charge on any atom is -0.481 e. The highest BCUT2D eigenvalue weighted by Crippen LogP contribution is 2.31. The highest BCUT2D eigenvalue weighted by Gasteiger charge is 2.26. The number of aliphatic carboxylic acids is 1. The summed E-state index contributed by atoms with van der Waals surface area (Å²) < 4.78 is -1.09. The van der Waals surface area contributed by atoms with Gasteiger partial charge >= 0.3 is 5.97 Å². The lowest BCUT2D eigenvalue weighted by Gasteiger charge is -2.16. The van der Waals surface area contributed by atoms with Crippen LogP contribution in [-0.2, 0) is 4.79 Å². The highest BCUT2D eigenvalue weighted by atomic mass is 35.5. The molecule has 0 amide bonds. The second-order valence-electron chi connectivity index (χ2n) is 6.77. The van der Waals surface area contributed by atoms with E-state index in [0.29, 0.717) is 6.42 Å². The van der Waals surface area contributed by atoms with Crippen molar-refractivity contribution in [2.45, 2.75) is 114 Å². The van der Waals surface area contributed by atoms with E-state index in [1.807, 2.05) is 0 Å². The van der Waals surface area contributed by atoms with Gasteiger partial charge in [-0.3, -0.25) is 4.79 Å². The van der Waals surface area contributed by atoms with Gasteiger partial charge in [0.05, 0.1) is 6.42 Å². The number of alkyl halides is 2. The summed E-state index contributed by atoms with van der Waals surface area (Å²) in [6, 6.07) is 0. The van der Waals surface area contributed by atoms with E-state index in [-0.39, 0.29) is 6.42 Å². The molecule has 0 saturated carbocycles. The lowest BCUT2D eigenvalue weighted by atomic mass is 10.0. The minimum absolute atomic E-state index is 0.172. The summed E-state index contributed by atoms with van der Waals surface area (Å²) in [4.78, 5) is 10.6. The summed E-state index contributed by atoms with van der Waals surface area (Å²) in [7, 11) is 0. The second-order valence-corrected chi connectivity index (χ2v) is 8.41. The molecule has 138 valence electrons. The Labute approximate surface area is 153 Å². The molecule has 23 heavy (non-hydrogen) atoms. The van der Waals surface area contributed by atoms with Gasteiger partial charge in [0.25, 0.3) is 0 Å². The maximum atomic E-state index is 10.6. The number of carboxylic acids is 1. The first-order valence-electron chi connectivity index (χ1n) is 9.57. The largest absolute Gasteiger partial charge is 0.481 e. The third kappa shape index (κ3) is 18.2. The summed E-state index contributed by atoms with van der Waals surface area (Å²) in [5, 5.41) is 8.70. The molecule has 0 heterocycles. The number of unbranched alkanes of at least 4 members (excludes halogenated alkanes) is 13. The smallest absolute Gasteiger partial charge is 0.306 e. The van der Waals surface area contributed by atoms with E-state index in [1.54, 1.807) is 0 Å². The Morgan fingerprint density at radius 3 is 1.43 bits per heavy atom. The molecule has 1 N–H and O–H groups in total. The molecule has 0 rings (SSSR count). The van der Waals surface area contributed by atoms with E-state index in [1.165, 1.54) is 77.0 Å². The van der Waals surface area contributed by atoms with Crippen LogP contribution in [0.1, 0.15) is 110 Å². The van der Waals surface area contributed by atoms with Crippen molar-refractivity contribution in [3.8, 4) is 0 Å². The lowest BCUT2D eigenvalue weighted by molar-refractivity contribution is -0.137. The molecule has 4 heteroatoms. The van der Waals surface area contributed by atoms with Gasteiger partial charge in [0.2, 0.25) is 0 Å². The quantitative estimate of drug-likeness (QED) is 0.213. The van der Waals surface area contributed by atoms with Gasteiger partial charge in [0.1, 0.15) is 4.33 Å². The molecular weight excluding hydrogens is 331 g/mol. The summed E-state index contributed by atoms with van der Waals surface area (Å²) in [6.45, 7) is 2.26. The van der Waals surface area contributed by atoms with Crippen molar-refractivity contribution in [3.63, 3.8) is 0 Å². The first-order chi connectivity index (χ1) is 11.0. The van der Waals surface area contributed by atoms with Crippen LogP contribution in [0.25, 0.3) is 0 Å². The molecule has 0 radical (unpaired) electrons. The fourth-order valence-corrected chi connectivity index (χ4v) is 3.38. The summed E-state index contributed by atoms with van der Waals surface area (Å²) in [5.74, 6) is -0.930. The number of hydrogen-bond acceptors (Lipinski definition) is 1. The van der Waals surface area contributed by atoms with Crippen molar-refractivity contribution in [2.24, 2.45) is 0 Å². The van der Waals surface area contributed by atoms with Crippen molar-refractivity contribution in [1.29, 1.82) is 0 Å². The van der Waals surface area contributed by atoms with Crippen molar-refractivity contribution >= 4 is 29.2 Å². The molecular formula is C19H36Cl2O2. The Bertz CT molecular complexity index is 281. The van der Waals surface area contributed by atoms with E-state index >= 15 is 0 Å². The Kier molecular flexibility index (Phi) is 15.6. The predicted molar refractivity (Wildman–Crippen MR) is 102 cm³/mol. The zero-order valence-corrected chi connectivity index (χ0v) is 16.4. The molecule has 0 saturated heterocycles. The highest BCUT2D eigenvalue weighted by molar-refractivity contribution is 6.49. The van der Waals surface area contributed by atoms with Crippen LogP contribution >= 0.6 is 23.2 Å². The number of carboxylic acid groups (broad SMARTS) is 1. The molecule has 0 atom stereocenters. The Morgan fingerprint density at radius 2 is 1.09 bits per heavy atom. The average Bonchev–Trinajstić information content (AvgIpc) is 2.46.